The molecule has 0 fully saturated rings. The fourth-order valence-corrected chi connectivity index (χ4v) is 0.483. The molecule has 0 saturated carbocycles. The molecule has 0 bridgehead atoms. The van der Waals surface area contributed by atoms with Crippen molar-refractivity contribution in [2.45, 2.75) is 0 Å². The van der Waals surface area contributed by atoms with Gasteiger partial charge < -0.3 is 5.11 Å². The first-order valence-electron chi connectivity index (χ1n) is 2.33. The SMILES string of the molecule is [O-]c1c(F)cccc1F. The molecule has 0 aliphatic rings. The summed E-state index contributed by atoms with van der Waals surface area (Å²) in [7, 11) is 0. The molecule has 0 amide bonds. The Labute approximate surface area is 50.6 Å². The van der Waals surface area contributed by atoms with Crippen LogP contribution in [0.25, 0.3) is 0 Å². The van der Waals surface area contributed by atoms with Crippen molar-refractivity contribution in [3.63, 3.8) is 0 Å². The molecular weight excluding hydrogens is 126 g/mol. The number of rotatable bonds is 0. The largest absolute Gasteiger partial charge is 0.869 e. The summed E-state index contributed by atoms with van der Waals surface area (Å²) in [5.74, 6) is -3.26. The number of para-hydroxylation sites is 1. The molecule has 3 heteroatoms. The first kappa shape index (κ1) is 6.01. The van der Waals surface area contributed by atoms with Gasteiger partial charge in [0, 0.05) is 0 Å². The van der Waals surface area contributed by atoms with Crippen LogP contribution in [0.2, 0.25) is 0 Å². The molecule has 1 nitrogen and oxygen atoms in total. The lowest BCUT2D eigenvalue weighted by molar-refractivity contribution is -0.276. The summed E-state index contributed by atoms with van der Waals surface area (Å²) in [6, 6.07) is 2.99. The van der Waals surface area contributed by atoms with Crippen molar-refractivity contribution in [3.8, 4) is 5.75 Å². The van der Waals surface area contributed by atoms with E-state index >= 15 is 0 Å². The second kappa shape index (κ2) is 2.01. The second-order valence-corrected chi connectivity index (χ2v) is 1.55. The van der Waals surface area contributed by atoms with Gasteiger partial charge in [0.1, 0.15) is 11.6 Å². The number of halogens is 2. The molecule has 0 saturated heterocycles. The van der Waals surface area contributed by atoms with E-state index in [2.05, 4.69) is 0 Å². The zero-order chi connectivity index (χ0) is 6.85. The predicted molar refractivity (Wildman–Crippen MR) is 25.8 cm³/mol. The average Bonchev–Trinajstić information content (AvgIpc) is 1.83. The number of hydrogen-bond donors (Lipinski definition) is 0. The molecule has 0 N–H and O–H groups in total. The lowest BCUT2D eigenvalue weighted by Gasteiger charge is -2.05. The summed E-state index contributed by atoms with van der Waals surface area (Å²) in [5, 5.41) is 10.2. The van der Waals surface area contributed by atoms with Crippen LogP contribution in [0.15, 0.2) is 18.2 Å². The maximum absolute atomic E-state index is 12.0. The molecule has 0 aliphatic carbocycles. The van der Waals surface area contributed by atoms with Crippen LogP contribution in [0.5, 0.6) is 5.75 Å². The Bertz CT molecular complexity index is 202. The highest BCUT2D eigenvalue weighted by Gasteiger charge is 1.94. The Kier molecular flexibility index (Phi) is 1.34. The first-order valence-corrected chi connectivity index (χ1v) is 2.33. The van der Waals surface area contributed by atoms with Crippen molar-refractivity contribution in [3.05, 3.63) is 29.8 Å². The highest BCUT2D eigenvalue weighted by Crippen LogP contribution is 2.14. The summed E-state index contributed by atoms with van der Waals surface area (Å²) in [5.41, 5.74) is 0. The van der Waals surface area contributed by atoms with Gasteiger partial charge in [-0.2, -0.15) is 0 Å². The maximum Gasteiger partial charge on any atom is 0.118 e. The van der Waals surface area contributed by atoms with E-state index in [-0.39, 0.29) is 0 Å². The zero-order valence-corrected chi connectivity index (χ0v) is 4.40. The van der Waals surface area contributed by atoms with Crippen molar-refractivity contribution in [1.82, 2.24) is 0 Å². The first-order chi connectivity index (χ1) is 4.22. The van der Waals surface area contributed by atoms with Gasteiger partial charge in [-0.05, 0) is 17.9 Å². The topological polar surface area (TPSA) is 23.1 Å². The van der Waals surface area contributed by atoms with E-state index in [1.807, 2.05) is 0 Å². The smallest absolute Gasteiger partial charge is 0.118 e. The van der Waals surface area contributed by atoms with E-state index in [9.17, 15) is 13.9 Å². The van der Waals surface area contributed by atoms with E-state index in [1.54, 1.807) is 0 Å². The van der Waals surface area contributed by atoms with Crippen molar-refractivity contribution < 1.29 is 13.9 Å². The summed E-state index contributed by atoms with van der Waals surface area (Å²) >= 11 is 0. The standard InChI is InChI=1S/C6H4F2O/c7-4-2-1-3-5(8)6(4)9/h1-3,9H/p-1. The van der Waals surface area contributed by atoms with Gasteiger partial charge in [-0.3, -0.25) is 0 Å². The van der Waals surface area contributed by atoms with Crippen LogP contribution in [-0.2, 0) is 0 Å². The van der Waals surface area contributed by atoms with Crippen molar-refractivity contribution in [2.24, 2.45) is 0 Å². The van der Waals surface area contributed by atoms with Gasteiger partial charge in [0.25, 0.3) is 0 Å². The maximum atomic E-state index is 12.0. The fraction of sp³-hybridized carbons (Fsp3) is 0. The molecule has 1 aromatic rings. The fourth-order valence-electron chi connectivity index (χ4n) is 0.483. The Hall–Kier alpha value is -1.12. The molecule has 1 aromatic carbocycles. The lowest BCUT2D eigenvalue weighted by Crippen LogP contribution is -1.96. The van der Waals surface area contributed by atoms with Crippen molar-refractivity contribution in [2.75, 3.05) is 0 Å². The highest BCUT2D eigenvalue weighted by molar-refractivity contribution is 5.22. The minimum atomic E-state index is -1.17. The van der Waals surface area contributed by atoms with Crippen molar-refractivity contribution in [1.29, 1.82) is 0 Å². The van der Waals surface area contributed by atoms with Crippen LogP contribution < -0.4 is 5.11 Å². The third kappa shape index (κ3) is 0.988. The van der Waals surface area contributed by atoms with Gasteiger partial charge in [-0.15, -0.1) is 0 Å². The van der Waals surface area contributed by atoms with Crippen molar-refractivity contribution >= 4 is 0 Å². The van der Waals surface area contributed by atoms with Gasteiger partial charge in [-0.25, -0.2) is 8.78 Å². The van der Waals surface area contributed by atoms with Gasteiger partial charge >= 0.3 is 0 Å². The van der Waals surface area contributed by atoms with Crippen LogP contribution in [0.4, 0.5) is 8.78 Å². The Morgan fingerprint density at radius 2 is 1.56 bits per heavy atom. The molecule has 0 radical (unpaired) electrons. The Balaban J connectivity index is 3.25. The normalized spacial score (nSPS) is 9.56. The summed E-state index contributed by atoms with van der Waals surface area (Å²) in [6.45, 7) is 0. The van der Waals surface area contributed by atoms with E-state index in [1.165, 1.54) is 0 Å². The van der Waals surface area contributed by atoms with Crippen LogP contribution in [0.3, 0.4) is 0 Å². The molecule has 48 valence electrons. The third-order valence-corrected chi connectivity index (χ3v) is 0.919. The van der Waals surface area contributed by atoms with Crippen LogP contribution in [-0.4, -0.2) is 0 Å². The van der Waals surface area contributed by atoms with E-state index in [0.717, 1.165) is 18.2 Å². The van der Waals surface area contributed by atoms with Gasteiger partial charge in [-0.1, -0.05) is 6.07 Å². The molecule has 9 heavy (non-hydrogen) atoms. The van der Waals surface area contributed by atoms with Crippen LogP contribution >= 0.6 is 0 Å². The minimum absolute atomic E-state index is 0.922. The lowest BCUT2D eigenvalue weighted by atomic mass is 10.3. The molecule has 0 aliphatic heterocycles. The number of hydrogen-bond acceptors (Lipinski definition) is 1. The summed E-state index contributed by atoms with van der Waals surface area (Å²) < 4.78 is 24.1. The third-order valence-electron chi connectivity index (χ3n) is 0.919. The highest BCUT2D eigenvalue weighted by atomic mass is 19.1. The Morgan fingerprint density at radius 3 is 1.89 bits per heavy atom. The molecular formula is C6H3F2O-. The van der Waals surface area contributed by atoms with Crippen LogP contribution in [0.1, 0.15) is 0 Å². The summed E-state index contributed by atoms with van der Waals surface area (Å²) in [4.78, 5) is 0. The minimum Gasteiger partial charge on any atom is -0.869 e. The molecule has 0 atom stereocenters. The van der Waals surface area contributed by atoms with E-state index < -0.39 is 17.4 Å². The van der Waals surface area contributed by atoms with Gasteiger partial charge in [0.15, 0.2) is 0 Å². The zero-order valence-electron chi connectivity index (χ0n) is 4.40. The predicted octanol–water partition coefficient (Wildman–Crippen LogP) is 1.04. The van der Waals surface area contributed by atoms with E-state index in [4.69, 9.17) is 0 Å². The molecule has 0 unspecified atom stereocenters. The average molecular weight is 129 g/mol. The quantitative estimate of drug-likeness (QED) is 0.513. The van der Waals surface area contributed by atoms with Gasteiger partial charge in [0.05, 0.1) is 0 Å². The monoisotopic (exact) mass is 129 g/mol. The van der Waals surface area contributed by atoms with E-state index in [0.29, 0.717) is 0 Å². The Morgan fingerprint density at radius 1 is 1.11 bits per heavy atom. The molecule has 0 spiro atoms. The van der Waals surface area contributed by atoms with Crippen LogP contribution in [0, 0.1) is 11.6 Å². The summed E-state index contributed by atoms with van der Waals surface area (Å²) in [6.07, 6.45) is 0. The number of benzene rings is 1. The molecule has 0 heterocycles. The second-order valence-electron chi connectivity index (χ2n) is 1.55. The molecule has 0 aromatic heterocycles. The molecule has 1 rings (SSSR count). The van der Waals surface area contributed by atoms with Gasteiger partial charge in [0.2, 0.25) is 0 Å².